The van der Waals surface area contributed by atoms with Crippen molar-refractivity contribution < 1.29 is 18.0 Å². The molecule has 1 aliphatic rings. The van der Waals surface area contributed by atoms with Gasteiger partial charge < -0.3 is 0 Å². The molecule has 4 heteroatoms. The first-order valence-corrected chi connectivity index (χ1v) is 10.3. The number of carbonyl (C=O) groups excluding carboxylic acids is 1. The van der Waals surface area contributed by atoms with E-state index in [1.54, 1.807) is 36.4 Å². The van der Waals surface area contributed by atoms with Crippen LogP contribution in [0.1, 0.15) is 60.9 Å². The molecule has 0 aromatic heterocycles. The number of hydrogen-bond donors (Lipinski definition) is 0. The van der Waals surface area contributed by atoms with Crippen molar-refractivity contribution in [2.45, 2.75) is 44.9 Å². The molecular weight excluding hydrogens is 385 g/mol. The Labute approximate surface area is 174 Å². The Morgan fingerprint density at radius 1 is 0.767 bits per heavy atom. The fourth-order valence-electron chi connectivity index (χ4n) is 4.33. The summed E-state index contributed by atoms with van der Waals surface area (Å²) in [5.74, 6) is -2.57. The van der Waals surface area contributed by atoms with Crippen molar-refractivity contribution in [3.05, 3.63) is 83.2 Å². The minimum absolute atomic E-state index is 0.0668. The summed E-state index contributed by atoms with van der Waals surface area (Å²) >= 11 is 0. The maximum absolute atomic E-state index is 14.8. The van der Waals surface area contributed by atoms with Gasteiger partial charge in [-0.05, 0) is 54.5 Å². The van der Waals surface area contributed by atoms with Gasteiger partial charge in [-0.25, -0.2) is 13.2 Å². The summed E-state index contributed by atoms with van der Waals surface area (Å²) in [6.45, 7) is 1.19. The summed E-state index contributed by atoms with van der Waals surface area (Å²) in [4.78, 5) is 11.4. The monoisotopic (exact) mass is 408 g/mol. The Kier molecular flexibility index (Phi) is 5.76. The van der Waals surface area contributed by atoms with Gasteiger partial charge in [-0.2, -0.15) is 0 Å². The number of hydrogen-bond acceptors (Lipinski definition) is 1. The first kappa shape index (κ1) is 20.4. The highest BCUT2D eigenvalue weighted by Gasteiger charge is 2.19. The Hall–Kier alpha value is -2.88. The zero-order chi connectivity index (χ0) is 21.3. The molecule has 30 heavy (non-hydrogen) atoms. The van der Waals surface area contributed by atoms with Crippen molar-refractivity contribution in [3.63, 3.8) is 0 Å². The largest absolute Gasteiger partial charge is 0.294 e. The number of halogens is 3. The lowest BCUT2D eigenvalue weighted by molar-refractivity contribution is 0.101. The topological polar surface area (TPSA) is 17.1 Å². The van der Waals surface area contributed by atoms with Crippen LogP contribution in [0.5, 0.6) is 0 Å². The Balaban J connectivity index is 1.61. The average Bonchev–Trinajstić information content (AvgIpc) is 2.76. The molecule has 3 aromatic carbocycles. The van der Waals surface area contributed by atoms with Gasteiger partial charge in [0, 0.05) is 11.1 Å². The first-order chi connectivity index (χ1) is 14.5. The van der Waals surface area contributed by atoms with E-state index in [9.17, 15) is 18.0 Å². The lowest BCUT2D eigenvalue weighted by Gasteiger charge is -2.22. The molecule has 1 aliphatic carbocycles. The van der Waals surface area contributed by atoms with E-state index in [0.29, 0.717) is 22.6 Å². The van der Waals surface area contributed by atoms with E-state index in [1.807, 2.05) is 6.07 Å². The van der Waals surface area contributed by atoms with Gasteiger partial charge >= 0.3 is 0 Å². The van der Waals surface area contributed by atoms with E-state index >= 15 is 0 Å². The van der Waals surface area contributed by atoms with Crippen LogP contribution in [0.3, 0.4) is 0 Å². The lowest BCUT2D eigenvalue weighted by atomic mass is 9.83. The van der Waals surface area contributed by atoms with Gasteiger partial charge in [0.1, 0.15) is 5.82 Å². The summed E-state index contributed by atoms with van der Waals surface area (Å²) in [5, 5.41) is 0. The predicted octanol–water partition coefficient (Wildman–Crippen LogP) is 7.69. The van der Waals surface area contributed by atoms with Gasteiger partial charge in [0.2, 0.25) is 0 Å². The zero-order valence-electron chi connectivity index (χ0n) is 16.9. The van der Waals surface area contributed by atoms with Crippen molar-refractivity contribution in [3.8, 4) is 22.3 Å². The van der Waals surface area contributed by atoms with Crippen LogP contribution >= 0.6 is 0 Å². The van der Waals surface area contributed by atoms with Crippen LogP contribution < -0.4 is 0 Å². The molecule has 0 bridgehead atoms. The summed E-state index contributed by atoms with van der Waals surface area (Å²) in [5.41, 5.74) is 2.47. The van der Waals surface area contributed by atoms with Crippen molar-refractivity contribution in [1.29, 1.82) is 0 Å². The predicted molar refractivity (Wildman–Crippen MR) is 113 cm³/mol. The van der Waals surface area contributed by atoms with Crippen molar-refractivity contribution in [2.24, 2.45) is 0 Å². The van der Waals surface area contributed by atoms with Gasteiger partial charge in [0.05, 0.1) is 5.56 Å². The quantitative estimate of drug-likeness (QED) is 0.405. The smallest absolute Gasteiger partial charge is 0.170 e. The molecule has 1 saturated carbocycles. The van der Waals surface area contributed by atoms with E-state index in [-0.39, 0.29) is 16.9 Å². The molecular formula is C26H23F3O. The van der Waals surface area contributed by atoms with Gasteiger partial charge in [0.15, 0.2) is 17.4 Å². The van der Waals surface area contributed by atoms with E-state index < -0.39 is 17.4 Å². The molecule has 0 aliphatic heterocycles. The highest BCUT2D eigenvalue weighted by Crippen LogP contribution is 2.35. The number of Topliss-reactive ketones (excluding diaryl/α,β-unsaturated/α-hetero) is 1. The first-order valence-electron chi connectivity index (χ1n) is 10.3. The molecule has 0 atom stereocenters. The maximum Gasteiger partial charge on any atom is 0.170 e. The molecule has 1 nitrogen and oxygen atoms in total. The SMILES string of the molecule is CC(=O)c1ccc(-c2ccc(-c3ccc(C4CCCCC4)cc3F)cc2)c(F)c1F. The van der Waals surface area contributed by atoms with Crippen LogP contribution in [0.2, 0.25) is 0 Å². The molecule has 0 heterocycles. The molecule has 4 rings (SSSR count). The zero-order valence-corrected chi connectivity index (χ0v) is 16.9. The van der Waals surface area contributed by atoms with Crippen LogP contribution in [0.25, 0.3) is 22.3 Å². The van der Waals surface area contributed by atoms with E-state index in [1.165, 1.54) is 38.3 Å². The molecule has 0 unspecified atom stereocenters. The molecule has 0 amide bonds. The Bertz CT molecular complexity index is 1080. The summed E-state index contributed by atoms with van der Waals surface area (Å²) in [6.07, 6.45) is 5.86. The van der Waals surface area contributed by atoms with Crippen LogP contribution in [-0.2, 0) is 0 Å². The minimum atomic E-state index is -1.14. The number of ketones is 1. The van der Waals surface area contributed by atoms with Gasteiger partial charge in [-0.1, -0.05) is 61.7 Å². The fraction of sp³-hybridized carbons (Fsp3) is 0.269. The fourth-order valence-corrected chi connectivity index (χ4v) is 4.33. The second kappa shape index (κ2) is 8.47. The normalized spacial score (nSPS) is 14.7. The Morgan fingerprint density at radius 3 is 1.97 bits per heavy atom. The van der Waals surface area contributed by atoms with Crippen molar-refractivity contribution in [1.82, 2.24) is 0 Å². The molecule has 154 valence electrons. The summed E-state index contributed by atoms with van der Waals surface area (Å²) in [7, 11) is 0. The maximum atomic E-state index is 14.8. The molecule has 0 N–H and O–H groups in total. The Morgan fingerprint density at radius 2 is 1.37 bits per heavy atom. The molecule has 0 spiro atoms. The van der Waals surface area contributed by atoms with Crippen molar-refractivity contribution in [2.75, 3.05) is 0 Å². The third-order valence-corrected chi connectivity index (χ3v) is 6.04. The molecule has 1 fully saturated rings. The standard InChI is InChI=1S/C26H23F3O/c1-16(30)21-13-14-23(26(29)25(21)28)19-9-7-18(8-10-19)22-12-11-20(15-24(22)27)17-5-3-2-4-6-17/h7-15,17H,2-6H2,1H3. The van der Waals surface area contributed by atoms with Crippen LogP contribution in [0.4, 0.5) is 13.2 Å². The second-order valence-electron chi connectivity index (χ2n) is 8.00. The van der Waals surface area contributed by atoms with Gasteiger partial charge in [-0.15, -0.1) is 0 Å². The van der Waals surface area contributed by atoms with E-state index in [0.717, 1.165) is 18.4 Å². The minimum Gasteiger partial charge on any atom is -0.294 e. The van der Waals surface area contributed by atoms with Crippen LogP contribution in [0.15, 0.2) is 54.6 Å². The van der Waals surface area contributed by atoms with E-state index in [4.69, 9.17) is 0 Å². The second-order valence-corrected chi connectivity index (χ2v) is 8.00. The number of rotatable bonds is 4. The van der Waals surface area contributed by atoms with Gasteiger partial charge in [-0.3, -0.25) is 4.79 Å². The number of carbonyl (C=O) groups is 1. The summed E-state index contributed by atoms with van der Waals surface area (Å²) in [6, 6.07) is 14.8. The highest BCUT2D eigenvalue weighted by atomic mass is 19.2. The van der Waals surface area contributed by atoms with Crippen LogP contribution in [-0.4, -0.2) is 5.78 Å². The molecule has 3 aromatic rings. The van der Waals surface area contributed by atoms with E-state index in [2.05, 4.69) is 0 Å². The molecule has 0 saturated heterocycles. The number of benzene rings is 3. The third-order valence-electron chi connectivity index (χ3n) is 6.04. The van der Waals surface area contributed by atoms with Crippen LogP contribution in [0, 0.1) is 17.5 Å². The molecule has 0 radical (unpaired) electrons. The average molecular weight is 408 g/mol. The van der Waals surface area contributed by atoms with Crippen molar-refractivity contribution >= 4 is 5.78 Å². The van der Waals surface area contributed by atoms with Gasteiger partial charge in [0.25, 0.3) is 0 Å². The highest BCUT2D eigenvalue weighted by molar-refractivity contribution is 5.95. The lowest BCUT2D eigenvalue weighted by Crippen LogP contribution is -2.05. The third kappa shape index (κ3) is 3.91. The summed E-state index contributed by atoms with van der Waals surface area (Å²) < 4.78 is 43.4.